The second-order valence-electron chi connectivity index (χ2n) is 12.1. The van der Waals surface area contributed by atoms with Gasteiger partial charge in [-0.3, -0.25) is 0 Å². The van der Waals surface area contributed by atoms with Gasteiger partial charge < -0.3 is 9.47 Å². The van der Waals surface area contributed by atoms with E-state index < -0.39 is 0 Å². The van der Waals surface area contributed by atoms with E-state index in [1.165, 1.54) is 76.1 Å². The zero-order valence-corrected chi connectivity index (χ0v) is 25.3. The number of rotatable bonds is 3. The highest BCUT2D eigenvalue weighted by Gasteiger charge is 2.42. The summed E-state index contributed by atoms with van der Waals surface area (Å²) < 4.78 is 3.75. The molecule has 0 spiro atoms. The van der Waals surface area contributed by atoms with E-state index >= 15 is 0 Å². The second kappa shape index (κ2) is 9.56. The predicted molar refractivity (Wildman–Crippen MR) is 191 cm³/mol. The van der Waals surface area contributed by atoms with E-state index in [1.54, 1.807) is 0 Å². The lowest BCUT2D eigenvalue weighted by atomic mass is 9.85. The van der Waals surface area contributed by atoms with Crippen molar-refractivity contribution in [1.29, 1.82) is 0 Å². The Labute approximate surface area is 265 Å². The minimum atomic E-state index is 0.240. The van der Waals surface area contributed by atoms with Crippen molar-refractivity contribution in [2.24, 2.45) is 0 Å². The molecule has 6 aromatic carbocycles. The Morgan fingerprint density at radius 2 is 1.20 bits per heavy atom. The van der Waals surface area contributed by atoms with Crippen LogP contribution in [-0.4, -0.2) is 10.6 Å². The average molecular weight is 593 g/mol. The summed E-state index contributed by atoms with van der Waals surface area (Å²) in [7, 11) is 0. The fraction of sp³-hybridized carbons (Fsp3) is 0.0476. The lowest BCUT2D eigenvalue weighted by Gasteiger charge is -2.30. The molecule has 212 valence electrons. The van der Waals surface area contributed by atoms with Crippen molar-refractivity contribution >= 4 is 60.7 Å². The Bertz CT molecular complexity index is 2450. The maximum Gasteiger partial charge on any atom is 0.0643 e. The molecule has 0 radical (unpaired) electrons. The summed E-state index contributed by atoms with van der Waals surface area (Å²) >= 11 is 1.96. The number of thiophene rings is 1. The van der Waals surface area contributed by atoms with E-state index in [2.05, 4.69) is 167 Å². The van der Waals surface area contributed by atoms with Gasteiger partial charge in [-0.2, -0.15) is 0 Å². The molecule has 2 atom stereocenters. The molecule has 2 aromatic heterocycles. The molecule has 45 heavy (non-hydrogen) atoms. The molecular weight excluding hydrogens is 565 g/mol. The number of fused-ring (bicyclic) bond motifs is 10. The van der Waals surface area contributed by atoms with E-state index in [4.69, 9.17) is 0 Å². The van der Waals surface area contributed by atoms with E-state index in [-0.39, 0.29) is 12.0 Å². The fourth-order valence-electron chi connectivity index (χ4n) is 7.78. The molecule has 1 aliphatic carbocycles. The van der Waals surface area contributed by atoms with E-state index in [1.807, 2.05) is 11.3 Å². The van der Waals surface area contributed by atoms with Crippen LogP contribution in [0.25, 0.3) is 54.8 Å². The molecule has 3 heterocycles. The zero-order chi connectivity index (χ0) is 29.5. The average Bonchev–Trinajstić information content (AvgIpc) is 3.76. The third-order valence-electron chi connectivity index (χ3n) is 9.72. The van der Waals surface area contributed by atoms with Gasteiger partial charge in [0.05, 0.1) is 17.1 Å². The summed E-state index contributed by atoms with van der Waals surface area (Å²) in [6.07, 6.45) is 4.80. The smallest absolute Gasteiger partial charge is 0.0643 e. The monoisotopic (exact) mass is 592 g/mol. The normalized spacial score (nSPS) is 16.8. The first-order chi connectivity index (χ1) is 22.3. The fourth-order valence-corrected chi connectivity index (χ4v) is 9.13. The van der Waals surface area contributed by atoms with Crippen LogP contribution in [0.1, 0.15) is 21.9 Å². The van der Waals surface area contributed by atoms with Crippen LogP contribution in [0.3, 0.4) is 0 Å². The van der Waals surface area contributed by atoms with Gasteiger partial charge in [0, 0.05) is 43.3 Å². The highest BCUT2D eigenvalue weighted by Crippen LogP contribution is 2.55. The summed E-state index contributed by atoms with van der Waals surface area (Å²) in [6.45, 7) is 0. The van der Waals surface area contributed by atoms with Gasteiger partial charge >= 0.3 is 0 Å². The number of para-hydroxylation sites is 3. The van der Waals surface area contributed by atoms with Crippen LogP contribution >= 0.6 is 11.3 Å². The largest absolute Gasteiger partial charge is 0.333 e. The van der Waals surface area contributed by atoms with Gasteiger partial charge in [-0.15, -0.1) is 11.3 Å². The second-order valence-corrected chi connectivity index (χ2v) is 13.2. The van der Waals surface area contributed by atoms with Gasteiger partial charge in [0.25, 0.3) is 0 Å². The zero-order valence-electron chi connectivity index (χ0n) is 24.5. The van der Waals surface area contributed by atoms with Crippen molar-refractivity contribution in [3.05, 3.63) is 168 Å². The molecule has 2 nitrogen and oxygen atoms in total. The van der Waals surface area contributed by atoms with Crippen molar-refractivity contribution in [1.82, 2.24) is 4.57 Å². The van der Waals surface area contributed by atoms with Crippen molar-refractivity contribution < 1.29 is 0 Å². The number of aromatic nitrogens is 1. The summed E-state index contributed by atoms with van der Waals surface area (Å²) in [5.74, 6) is 0.279. The van der Waals surface area contributed by atoms with Gasteiger partial charge in [-0.1, -0.05) is 97.1 Å². The summed E-state index contributed by atoms with van der Waals surface area (Å²) in [6, 6.07) is 53.6. The van der Waals surface area contributed by atoms with Crippen molar-refractivity contribution in [3.8, 4) is 16.8 Å². The molecule has 2 aliphatic rings. The lowest BCUT2D eigenvalue weighted by Crippen LogP contribution is -2.29. The summed E-state index contributed by atoms with van der Waals surface area (Å²) in [5, 5.41) is 3.92. The van der Waals surface area contributed by atoms with Crippen LogP contribution < -0.4 is 4.90 Å². The third-order valence-corrected chi connectivity index (χ3v) is 11.0. The van der Waals surface area contributed by atoms with Gasteiger partial charge in [0.2, 0.25) is 0 Å². The number of hydrogen-bond donors (Lipinski definition) is 0. The third kappa shape index (κ3) is 3.62. The standard InChI is InChI=1S/C42H28N2S/c1-3-11-29(12-4-1)43-36-17-9-7-15-31(36)34-25-27(19-22-37(34)43)28-20-23-38-35(26-28)41-39(44(38)30-13-5-2-6-14-30)24-21-33-32-16-8-10-18-40(32)45-42(33)41/h1-26,39,41H. The number of hydrogen-bond acceptors (Lipinski definition) is 2. The molecule has 8 aromatic rings. The molecule has 0 N–H and O–H groups in total. The van der Waals surface area contributed by atoms with Crippen LogP contribution in [0.15, 0.2) is 152 Å². The molecular formula is C42H28N2S. The molecule has 0 amide bonds. The van der Waals surface area contributed by atoms with Crippen molar-refractivity contribution in [3.63, 3.8) is 0 Å². The molecule has 1 aliphatic heterocycles. The first-order valence-electron chi connectivity index (χ1n) is 15.6. The van der Waals surface area contributed by atoms with Gasteiger partial charge in [0.1, 0.15) is 0 Å². The minimum absolute atomic E-state index is 0.240. The Kier molecular flexibility index (Phi) is 5.31. The number of nitrogens with zero attached hydrogens (tertiary/aromatic N) is 2. The van der Waals surface area contributed by atoms with Crippen LogP contribution in [0.5, 0.6) is 0 Å². The molecule has 0 saturated carbocycles. The maximum atomic E-state index is 2.55. The van der Waals surface area contributed by atoms with E-state index in [0.717, 1.165) is 0 Å². The quantitative estimate of drug-likeness (QED) is 0.198. The van der Waals surface area contributed by atoms with E-state index in [9.17, 15) is 0 Å². The molecule has 2 unspecified atom stereocenters. The SMILES string of the molecule is C1=CC2C(c3cc(-c4ccc5c(c4)c4ccccc4n5-c4ccccc4)ccc3N2c2ccccc2)c2sc3ccccc3c21. The molecule has 10 rings (SSSR count). The molecule has 0 saturated heterocycles. The maximum absolute atomic E-state index is 2.55. The molecule has 0 fully saturated rings. The molecule has 0 bridgehead atoms. The highest BCUT2D eigenvalue weighted by molar-refractivity contribution is 7.19. The van der Waals surface area contributed by atoms with Crippen LogP contribution in [-0.2, 0) is 0 Å². The van der Waals surface area contributed by atoms with Crippen LogP contribution in [0, 0.1) is 0 Å². The van der Waals surface area contributed by atoms with Gasteiger partial charge in [-0.05, 0) is 88.3 Å². The Morgan fingerprint density at radius 3 is 2.04 bits per heavy atom. The lowest BCUT2D eigenvalue weighted by molar-refractivity contribution is 0.737. The van der Waals surface area contributed by atoms with E-state index in [0.29, 0.717) is 0 Å². The number of benzene rings is 6. The Morgan fingerprint density at radius 1 is 0.533 bits per heavy atom. The first kappa shape index (κ1) is 25.0. The number of anilines is 2. The van der Waals surface area contributed by atoms with Gasteiger partial charge in [-0.25, -0.2) is 0 Å². The topological polar surface area (TPSA) is 8.17 Å². The highest BCUT2D eigenvalue weighted by atomic mass is 32.1. The summed E-state index contributed by atoms with van der Waals surface area (Å²) in [5.41, 5.74) is 11.5. The van der Waals surface area contributed by atoms with Crippen LogP contribution in [0.2, 0.25) is 0 Å². The van der Waals surface area contributed by atoms with Crippen molar-refractivity contribution in [2.45, 2.75) is 12.0 Å². The summed E-state index contributed by atoms with van der Waals surface area (Å²) in [4.78, 5) is 4.02. The Hall–Kier alpha value is -5.38. The first-order valence-corrected chi connectivity index (χ1v) is 16.4. The van der Waals surface area contributed by atoms with Crippen molar-refractivity contribution in [2.75, 3.05) is 4.90 Å². The van der Waals surface area contributed by atoms with Gasteiger partial charge in [0.15, 0.2) is 0 Å². The van der Waals surface area contributed by atoms with Crippen LogP contribution in [0.4, 0.5) is 11.4 Å². The Balaban J connectivity index is 1.17. The minimum Gasteiger partial charge on any atom is -0.333 e. The molecule has 3 heteroatoms. The predicted octanol–water partition coefficient (Wildman–Crippen LogP) is 11.3.